The van der Waals surface area contributed by atoms with Gasteiger partial charge in [-0.05, 0) is 84.9 Å². The SMILES string of the molecule is O=COc1ccnc(-c2cc(C(=O)O)ccn2)c1.O=COc1ccnc(-c2cc(C(=O)[O-])ccn2)c1.[Ru+].[Ru+].c1c[n-]c(-c2ncc[n-]2)n1.c1ccc(-c2ccccn2)nc1.c1ccc(-c2ccccn2)nc1. The molecule has 0 saturated heterocycles. The number of pyridine rings is 8. The van der Waals surface area contributed by atoms with Crippen LogP contribution in [-0.2, 0) is 48.5 Å². The Morgan fingerprint density at radius 3 is 1.06 bits per heavy atom. The molecular weight excluding hydrogens is 1100 g/mol. The zero-order chi connectivity index (χ0) is 49.2. The number of rotatable bonds is 11. The maximum Gasteiger partial charge on any atom is 1.00 e. The van der Waals surface area contributed by atoms with Crippen molar-refractivity contribution in [3.8, 4) is 68.7 Å². The summed E-state index contributed by atoms with van der Waals surface area (Å²) >= 11 is 0. The van der Waals surface area contributed by atoms with Gasteiger partial charge in [0.15, 0.2) is 0 Å². The minimum atomic E-state index is -1.29. The second kappa shape index (κ2) is 30.3. The van der Waals surface area contributed by atoms with E-state index in [1.54, 1.807) is 49.6 Å². The Morgan fingerprint density at radius 1 is 0.417 bits per heavy atom. The molecule has 0 unspecified atom stereocenters. The summed E-state index contributed by atoms with van der Waals surface area (Å²) in [7, 11) is 0. The summed E-state index contributed by atoms with van der Waals surface area (Å²) in [5, 5.41) is 19.6. The fourth-order valence-electron chi connectivity index (χ4n) is 5.53. The number of aromatic nitrogens is 12. The molecule has 0 saturated carbocycles. The van der Waals surface area contributed by atoms with E-state index in [-0.39, 0.29) is 50.1 Å². The summed E-state index contributed by atoms with van der Waals surface area (Å²) in [6, 6.07) is 34.6. The van der Waals surface area contributed by atoms with Gasteiger partial charge in [-0.15, -0.1) is 0 Å². The van der Waals surface area contributed by atoms with Gasteiger partial charge in [-0.2, -0.15) is 0 Å². The number of carbonyl (C=O) groups excluding carboxylic acids is 3. The predicted molar refractivity (Wildman–Crippen MR) is 249 cm³/mol. The van der Waals surface area contributed by atoms with Crippen molar-refractivity contribution < 1.29 is 77.8 Å². The molecule has 360 valence electrons. The van der Waals surface area contributed by atoms with E-state index in [1.165, 1.54) is 73.3 Å². The van der Waals surface area contributed by atoms with Gasteiger partial charge in [0, 0.05) is 67.3 Å². The molecule has 10 heterocycles. The standard InChI is InChI=1S/2C12H8N2O4.2C10H8N2.C6H4N4.2Ru/c2*15-7-18-9-2-4-14-11(6-9)10-5-8(12(16)17)1-3-13-10;2*1-3-7-11-9(5-1)10-6-2-4-8-12-10;1-2-8-5(7-1)6-9-3-4-10-6;;/h2*1-7H,(H,16,17);2*1-8H;1-4H;;/q;;;;-2;2*+1/p-1. The molecule has 0 fully saturated rings. The van der Waals surface area contributed by atoms with Crippen LogP contribution in [0.2, 0.25) is 0 Å². The first-order valence-electron chi connectivity index (χ1n) is 20.3. The Labute approximate surface area is 435 Å². The Bertz CT molecular complexity index is 2880. The molecule has 0 aliphatic carbocycles. The van der Waals surface area contributed by atoms with E-state index in [0.29, 0.717) is 58.9 Å². The van der Waals surface area contributed by atoms with Crippen molar-refractivity contribution in [1.29, 1.82) is 0 Å². The van der Waals surface area contributed by atoms with Crippen LogP contribution >= 0.6 is 0 Å². The molecule has 0 atom stereocenters. The van der Waals surface area contributed by atoms with Gasteiger partial charge in [-0.25, -0.2) is 4.79 Å². The molecule has 0 aliphatic rings. The second-order valence-electron chi connectivity index (χ2n) is 13.3. The number of carboxylic acid groups (broad SMARTS) is 2. The summed E-state index contributed by atoms with van der Waals surface area (Å²) in [6.45, 7) is 0.602. The van der Waals surface area contributed by atoms with Crippen molar-refractivity contribution in [1.82, 2.24) is 59.8 Å². The molecule has 10 aromatic heterocycles. The van der Waals surface area contributed by atoms with Crippen molar-refractivity contribution in [3.63, 3.8) is 0 Å². The average molecular weight is 1130 g/mol. The number of ether oxygens (including phenoxy) is 2. The van der Waals surface area contributed by atoms with Gasteiger partial charge in [-0.3, -0.25) is 49.5 Å². The Hall–Kier alpha value is -9.25. The van der Waals surface area contributed by atoms with Crippen LogP contribution in [0.3, 0.4) is 0 Å². The van der Waals surface area contributed by atoms with E-state index < -0.39 is 11.9 Å². The third-order valence-corrected chi connectivity index (χ3v) is 8.66. The van der Waals surface area contributed by atoms with Crippen LogP contribution < -0.4 is 24.5 Å². The number of hydrogen-bond donors (Lipinski definition) is 1. The van der Waals surface area contributed by atoms with Crippen LogP contribution in [0.1, 0.15) is 20.7 Å². The molecule has 72 heavy (non-hydrogen) atoms. The van der Waals surface area contributed by atoms with Crippen molar-refractivity contribution in [2.24, 2.45) is 0 Å². The Kier molecular flexibility index (Phi) is 23.3. The van der Waals surface area contributed by atoms with Gasteiger partial charge in [0.2, 0.25) is 0 Å². The summed E-state index contributed by atoms with van der Waals surface area (Å²) in [5.74, 6) is -0.541. The summed E-state index contributed by atoms with van der Waals surface area (Å²) in [5.41, 5.74) is 5.36. The number of imidazole rings is 2. The Balaban J connectivity index is 0.000000197. The van der Waals surface area contributed by atoms with E-state index >= 15 is 0 Å². The fourth-order valence-corrected chi connectivity index (χ4v) is 5.53. The summed E-state index contributed by atoms with van der Waals surface area (Å²) in [4.78, 5) is 90.5. The largest absolute Gasteiger partial charge is 1.00 e. The molecule has 2 radical (unpaired) electrons. The van der Waals surface area contributed by atoms with Gasteiger partial charge in [0.25, 0.3) is 12.9 Å². The predicted octanol–water partition coefficient (Wildman–Crippen LogP) is 5.76. The third kappa shape index (κ3) is 17.7. The zero-order valence-corrected chi connectivity index (χ0v) is 40.5. The van der Waals surface area contributed by atoms with Gasteiger partial charge < -0.3 is 44.4 Å². The molecule has 0 bridgehead atoms. The number of hydrogen-bond acceptors (Lipinski definition) is 17. The van der Waals surface area contributed by atoms with Crippen molar-refractivity contribution in [2.75, 3.05) is 0 Å². The number of carbonyl (C=O) groups is 4. The zero-order valence-electron chi connectivity index (χ0n) is 37.0. The molecular formula is C50H35N12O8Ru2-. The van der Waals surface area contributed by atoms with Crippen LogP contribution in [0.15, 0.2) is 196 Å². The number of aromatic carboxylic acids is 2. The van der Waals surface area contributed by atoms with E-state index in [2.05, 4.69) is 69.3 Å². The van der Waals surface area contributed by atoms with E-state index in [4.69, 9.17) is 5.11 Å². The van der Waals surface area contributed by atoms with Crippen molar-refractivity contribution >= 4 is 24.9 Å². The van der Waals surface area contributed by atoms with E-state index in [0.717, 1.165) is 22.8 Å². The molecule has 20 nitrogen and oxygen atoms in total. The first kappa shape index (κ1) is 55.3. The smallest absolute Gasteiger partial charge is 0.545 e. The molecule has 0 amide bonds. The second-order valence-corrected chi connectivity index (χ2v) is 13.3. The van der Waals surface area contributed by atoms with Crippen LogP contribution in [0, 0.1) is 0 Å². The molecule has 0 aliphatic heterocycles. The van der Waals surface area contributed by atoms with Gasteiger partial charge in [-0.1, -0.05) is 60.7 Å². The fraction of sp³-hybridized carbons (Fsp3) is 0. The monoisotopic (exact) mass is 1140 g/mol. The van der Waals surface area contributed by atoms with Crippen LogP contribution in [0.25, 0.3) is 57.2 Å². The number of carboxylic acids is 2. The Morgan fingerprint density at radius 2 is 0.750 bits per heavy atom. The summed E-state index contributed by atoms with van der Waals surface area (Å²) in [6.07, 6.45) is 19.1. The first-order valence-corrected chi connectivity index (χ1v) is 20.3. The van der Waals surface area contributed by atoms with Gasteiger partial charge in [0.05, 0.1) is 57.1 Å². The molecule has 1 N–H and O–H groups in total. The van der Waals surface area contributed by atoms with Crippen molar-refractivity contribution in [3.05, 3.63) is 207 Å². The van der Waals surface area contributed by atoms with E-state index in [9.17, 15) is 24.3 Å². The topological polar surface area (TPSA) is 287 Å². The van der Waals surface area contributed by atoms with Gasteiger partial charge >= 0.3 is 44.9 Å². The molecule has 10 aromatic rings. The minimum Gasteiger partial charge on any atom is -0.545 e. The normalized spacial score (nSPS) is 9.50. The van der Waals surface area contributed by atoms with Crippen LogP contribution in [0.5, 0.6) is 11.5 Å². The number of nitrogens with zero attached hydrogens (tertiary/aromatic N) is 12. The van der Waals surface area contributed by atoms with Gasteiger partial charge in [0.1, 0.15) is 11.5 Å². The molecule has 0 spiro atoms. The average Bonchev–Trinajstić information content (AvgIpc) is 4.18. The molecule has 0 aromatic carbocycles. The minimum absolute atomic E-state index is 0. The molecule has 22 heteroatoms. The van der Waals surface area contributed by atoms with Crippen molar-refractivity contribution in [2.45, 2.75) is 0 Å². The molecule has 10 rings (SSSR count). The van der Waals surface area contributed by atoms with Crippen LogP contribution in [0.4, 0.5) is 0 Å². The van der Waals surface area contributed by atoms with Crippen LogP contribution in [-0.4, -0.2) is 79.8 Å². The first-order chi connectivity index (χ1) is 34.3. The van der Waals surface area contributed by atoms with E-state index in [1.807, 2.05) is 72.8 Å². The quantitative estimate of drug-likeness (QED) is 0.119. The summed E-state index contributed by atoms with van der Waals surface area (Å²) < 4.78 is 9.35. The maximum atomic E-state index is 10.8. The maximum absolute atomic E-state index is 10.8. The third-order valence-electron chi connectivity index (χ3n) is 8.66.